The zero-order chi connectivity index (χ0) is 13.2. The van der Waals surface area contributed by atoms with Crippen molar-refractivity contribution in [1.29, 1.82) is 0 Å². The van der Waals surface area contributed by atoms with Crippen molar-refractivity contribution < 1.29 is 4.74 Å². The van der Waals surface area contributed by atoms with E-state index in [1.54, 1.807) is 4.68 Å². The molecule has 0 fully saturated rings. The van der Waals surface area contributed by atoms with Crippen LogP contribution < -0.4 is 16.0 Å². The van der Waals surface area contributed by atoms with E-state index in [1.165, 1.54) is 5.56 Å². The summed E-state index contributed by atoms with van der Waals surface area (Å²) in [5.74, 6) is 7.04. The number of aryl methyl sites for hydroxylation is 1. The lowest BCUT2D eigenvalue weighted by Gasteiger charge is -2.31. The van der Waals surface area contributed by atoms with Crippen LogP contribution in [-0.2, 0) is 7.05 Å². The van der Waals surface area contributed by atoms with Crippen LogP contribution in [0.2, 0.25) is 0 Å². The summed E-state index contributed by atoms with van der Waals surface area (Å²) in [6, 6.07) is 8.21. The third-order valence-corrected chi connectivity index (χ3v) is 3.67. The number of fused-ring (bicyclic) bond motifs is 1. The first kappa shape index (κ1) is 12.2. The Hall–Kier alpha value is -1.85. The summed E-state index contributed by atoms with van der Waals surface area (Å²) in [5.41, 5.74) is 5.25. The number of nitrogens with one attached hydrogen (secondary N) is 1. The number of hydrazine groups is 1. The highest BCUT2D eigenvalue weighted by atomic mass is 16.5. The Morgan fingerprint density at radius 1 is 1.47 bits per heavy atom. The molecule has 0 aliphatic carbocycles. The molecule has 0 amide bonds. The van der Waals surface area contributed by atoms with Crippen molar-refractivity contribution in [3.63, 3.8) is 0 Å². The van der Waals surface area contributed by atoms with E-state index < -0.39 is 0 Å². The minimum Gasteiger partial charge on any atom is -0.493 e. The Morgan fingerprint density at radius 2 is 2.32 bits per heavy atom. The van der Waals surface area contributed by atoms with Gasteiger partial charge in [-0.15, -0.1) is 0 Å². The summed E-state index contributed by atoms with van der Waals surface area (Å²) in [4.78, 5) is 0. The lowest BCUT2D eigenvalue weighted by atomic mass is 9.84. The van der Waals surface area contributed by atoms with Crippen molar-refractivity contribution >= 4 is 0 Å². The van der Waals surface area contributed by atoms with Gasteiger partial charge < -0.3 is 4.74 Å². The minimum absolute atomic E-state index is 0.0544. The van der Waals surface area contributed by atoms with E-state index in [0.29, 0.717) is 5.92 Å². The maximum Gasteiger partial charge on any atom is 0.122 e. The van der Waals surface area contributed by atoms with E-state index in [0.717, 1.165) is 24.3 Å². The fourth-order valence-electron chi connectivity index (χ4n) is 2.76. The Bertz CT molecular complexity index is 566. The maximum atomic E-state index is 5.77. The molecule has 5 nitrogen and oxygen atoms in total. The molecule has 0 bridgehead atoms. The van der Waals surface area contributed by atoms with E-state index >= 15 is 0 Å². The molecule has 2 aromatic rings. The number of nitrogens with two attached hydrogens (primary N) is 1. The number of ether oxygens (including phenoxy) is 1. The smallest absolute Gasteiger partial charge is 0.122 e. The van der Waals surface area contributed by atoms with Gasteiger partial charge in [-0.3, -0.25) is 16.0 Å². The summed E-state index contributed by atoms with van der Waals surface area (Å²) in [6.07, 6.45) is 4.81. The second kappa shape index (κ2) is 5.03. The molecule has 1 aromatic heterocycles. The van der Waals surface area contributed by atoms with Gasteiger partial charge in [-0.05, 0) is 18.1 Å². The SMILES string of the molecule is Cn1cc(C(NN)C2CCOc3ccccc32)cn1. The van der Waals surface area contributed by atoms with Crippen LogP contribution in [-0.4, -0.2) is 16.4 Å². The summed E-state index contributed by atoms with van der Waals surface area (Å²) < 4.78 is 7.50. The average Bonchev–Trinajstić information content (AvgIpc) is 2.86. The van der Waals surface area contributed by atoms with Crippen molar-refractivity contribution in [1.82, 2.24) is 15.2 Å². The molecule has 100 valence electrons. The molecule has 1 aromatic carbocycles. The van der Waals surface area contributed by atoms with Gasteiger partial charge in [-0.25, -0.2) is 0 Å². The van der Waals surface area contributed by atoms with Crippen LogP contribution >= 0.6 is 0 Å². The van der Waals surface area contributed by atoms with E-state index in [2.05, 4.69) is 16.6 Å². The van der Waals surface area contributed by atoms with E-state index in [1.807, 2.05) is 37.6 Å². The molecule has 2 atom stereocenters. The van der Waals surface area contributed by atoms with Crippen molar-refractivity contribution in [3.8, 4) is 5.75 Å². The number of nitrogens with zero attached hydrogens (tertiary/aromatic N) is 2. The normalized spacial score (nSPS) is 19.6. The first-order chi connectivity index (χ1) is 9.29. The number of aromatic nitrogens is 2. The zero-order valence-corrected chi connectivity index (χ0v) is 10.9. The Morgan fingerprint density at radius 3 is 3.05 bits per heavy atom. The molecule has 2 heterocycles. The van der Waals surface area contributed by atoms with Crippen molar-refractivity contribution in [2.75, 3.05) is 6.61 Å². The number of benzene rings is 1. The molecule has 3 rings (SSSR count). The first-order valence-electron chi connectivity index (χ1n) is 6.46. The topological polar surface area (TPSA) is 65.1 Å². The molecular formula is C14H18N4O. The number of rotatable bonds is 3. The standard InChI is InChI=1S/C14H18N4O/c1-18-9-10(8-16-18)14(17-15)12-6-7-19-13-5-3-2-4-11(12)13/h2-5,8-9,12,14,17H,6-7,15H2,1H3. The Balaban J connectivity index is 1.97. The highest BCUT2D eigenvalue weighted by Gasteiger charge is 2.29. The third-order valence-electron chi connectivity index (χ3n) is 3.67. The lowest BCUT2D eigenvalue weighted by molar-refractivity contribution is 0.246. The molecule has 1 aliphatic heterocycles. The van der Waals surface area contributed by atoms with Crippen LogP contribution in [0.5, 0.6) is 5.75 Å². The Kier molecular flexibility index (Phi) is 3.23. The molecule has 0 radical (unpaired) electrons. The van der Waals surface area contributed by atoms with Gasteiger partial charge in [-0.1, -0.05) is 18.2 Å². The highest BCUT2D eigenvalue weighted by molar-refractivity contribution is 5.39. The van der Waals surface area contributed by atoms with Gasteiger partial charge in [0.2, 0.25) is 0 Å². The molecule has 5 heteroatoms. The van der Waals surface area contributed by atoms with E-state index in [9.17, 15) is 0 Å². The summed E-state index contributed by atoms with van der Waals surface area (Å²) in [6.45, 7) is 0.722. The zero-order valence-electron chi connectivity index (χ0n) is 10.9. The van der Waals surface area contributed by atoms with Gasteiger partial charge >= 0.3 is 0 Å². The van der Waals surface area contributed by atoms with E-state index in [-0.39, 0.29) is 6.04 Å². The van der Waals surface area contributed by atoms with Gasteiger partial charge in [0.1, 0.15) is 5.75 Å². The molecule has 2 unspecified atom stereocenters. The quantitative estimate of drug-likeness (QED) is 0.646. The predicted molar refractivity (Wildman–Crippen MR) is 72.6 cm³/mol. The van der Waals surface area contributed by atoms with Gasteiger partial charge in [0.25, 0.3) is 0 Å². The molecular weight excluding hydrogens is 240 g/mol. The monoisotopic (exact) mass is 258 g/mol. The second-order valence-corrected chi connectivity index (χ2v) is 4.87. The van der Waals surface area contributed by atoms with Gasteiger partial charge in [0, 0.05) is 24.7 Å². The van der Waals surface area contributed by atoms with Crippen LogP contribution in [0.15, 0.2) is 36.7 Å². The van der Waals surface area contributed by atoms with E-state index in [4.69, 9.17) is 10.6 Å². The fraction of sp³-hybridized carbons (Fsp3) is 0.357. The second-order valence-electron chi connectivity index (χ2n) is 4.87. The molecule has 19 heavy (non-hydrogen) atoms. The third kappa shape index (κ3) is 2.22. The fourth-order valence-corrected chi connectivity index (χ4v) is 2.76. The molecule has 0 saturated carbocycles. The summed E-state index contributed by atoms with van der Waals surface area (Å²) >= 11 is 0. The molecule has 3 N–H and O–H groups in total. The number of para-hydroxylation sites is 1. The first-order valence-corrected chi connectivity index (χ1v) is 6.46. The predicted octanol–water partition coefficient (Wildman–Crippen LogP) is 1.49. The number of hydrogen-bond donors (Lipinski definition) is 2. The van der Waals surface area contributed by atoms with Crippen LogP contribution in [0, 0.1) is 0 Å². The minimum atomic E-state index is 0.0544. The molecule has 0 spiro atoms. The highest BCUT2D eigenvalue weighted by Crippen LogP contribution is 2.40. The van der Waals surface area contributed by atoms with Crippen molar-refractivity contribution in [2.24, 2.45) is 12.9 Å². The average molecular weight is 258 g/mol. The molecule has 1 aliphatic rings. The summed E-state index contributed by atoms with van der Waals surface area (Å²) in [5, 5.41) is 4.23. The van der Waals surface area contributed by atoms with Gasteiger partial charge in [-0.2, -0.15) is 5.10 Å². The largest absolute Gasteiger partial charge is 0.493 e. The molecule has 0 saturated heterocycles. The Labute approximate surface area is 112 Å². The summed E-state index contributed by atoms with van der Waals surface area (Å²) in [7, 11) is 1.91. The maximum absolute atomic E-state index is 5.77. The number of hydrogen-bond acceptors (Lipinski definition) is 4. The van der Waals surface area contributed by atoms with Crippen molar-refractivity contribution in [3.05, 3.63) is 47.8 Å². The van der Waals surface area contributed by atoms with Crippen LogP contribution in [0.1, 0.15) is 29.5 Å². The van der Waals surface area contributed by atoms with Crippen LogP contribution in [0.4, 0.5) is 0 Å². The lowest BCUT2D eigenvalue weighted by Crippen LogP contribution is -2.34. The van der Waals surface area contributed by atoms with Gasteiger partial charge in [0.05, 0.1) is 18.8 Å². The van der Waals surface area contributed by atoms with Crippen LogP contribution in [0.3, 0.4) is 0 Å². The van der Waals surface area contributed by atoms with Crippen molar-refractivity contribution in [2.45, 2.75) is 18.4 Å². The van der Waals surface area contributed by atoms with Crippen LogP contribution in [0.25, 0.3) is 0 Å². The van der Waals surface area contributed by atoms with Gasteiger partial charge in [0.15, 0.2) is 0 Å².